The van der Waals surface area contributed by atoms with Crippen molar-refractivity contribution in [3.8, 4) is 17.2 Å². The van der Waals surface area contributed by atoms with Crippen LogP contribution < -0.4 is 10.1 Å². The molecule has 6 heteroatoms. The maximum atomic E-state index is 11.9. The largest absolute Gasteiger partial charge is 0.497 e. The molecule has 3 aromatic rings. The van der Waals surface area contributed by atoms with E-state index in [1.54, 1.807) is 7.11 Å². The van der Waals surface area contributed by atoms with Gasteiger partial charge in [-0.15, -0.1) is 10.2 Å². The first-order valence-electron chi connectivity index (χ1n) is 7.56. The highest BCUT2D eigenvalue weighted by atomic mass is 16.5. The zero-order valence-electron chi connectivity index (χ0n) is 13.2. The molecule has 0 radical (unpaired) electrons. The summed E-state index contributed by atoms with van der Waals surface area (Å²) in [5, 5.41) is 10.8. The molecule has 0 spiro atoms. The number of anilines is 1. The molecule has 1 N–H and O–H groups in total. The van der Waals surface area contributed by atoms with Gasteiger partial charge in [-0.3, -0.25) is 4.79 Å². The fourth-order valence-corrected chi connectivity index (χ4v) is 2.19. The van der Waals surface area contributed by atoms with E-state index in [2.05, 4.69) is 15.5 Å². The molecule has 0 unspecified atom stereocenters. The van der Waals surface area contributed by atoms with Gasteiger partial charge in [0.25, 0.3) is 0 Å². The lowest BCUT2D eigenvalue weighted by atomic mass is 10.2. The van der Waals surface area contributed by atoms with Crippen LogP contribution in [0.5, 0.6) is 5.75 Å². The Kier molecular flexibility index (Phi) is 4.86. The molecule has 1 aromatic heterocycles. The zero-order chi connectivity index (χ0) is 16.8. The summed E-state index contributed by atoms with van der Waals surface area (Å²) in [5.74, 6) is 1.46. The van der Waals surface area contributed by atoms with E-state index in [-0.39, 0.29) is 12.3 Å². The van der Waals surface area contributed by atoms with Gasteiger partial charge in [-0.2, -0.15) is 0 Å². The van der Waals surface area contributed by atoms with Gasteiger partial charge in [-0.25, -0.2) is 0 Å². The van der Waals surface area contributed by atoms with Crippen molar-refractivity contribution in [2.45, 2.75) is 12.8 Å². The molecular weight excluding hydrogens is 306 g/mol. The highest BCUT2D eigenvalue weighted by Crippen LogP contribution is 2.22. The Morgan fingerprint density at radius 3 is 2.75 bits per heavy atom. The SMILES string of the molecule is COc1cccc(-c2nnc(CCC(=O)Nc3ccccc3)o2)c1. The number of carbonyl (C=O) groups excluding carboxylic acids is 1. The van der Waals surface area contributed by atoms with Crippen molar-refractivity contribution in [2.24, 2.45) is 0 Å². The number of carbonyl (C=O) groups is 1. The van der Waals surface area contributed by atoms with Crippen LogP contribution in [-0.2, 0) is 11.2 Å². The Hall–Kier alpha value is -3.15. The molecule has 3 rings (SSSR count). The van der Waals surface area contributed by atoms with Crippen LogP contribution in [0.4, 0.5) is 5.69 Å². The standard InChI is InChI=1S/C18H17N3O3/c1-23-15-9-5-6-13(12-15)18-21-20-17(24-18)11-10-16(22)19-14-7-3-2-4-8-14/h2-9,12H,10-11H2,1H3,(H,19,22). The number of methoxy groups -OCH3 is 1. The number of para-hydroxylation sites is 1. The molecule has 6 nitrogen and oxygen atoms in total. The third-order valence-corrected chi connectivity index (χ3v) is 3.41. The number of nitrogens with zero attached hydrogens (tertiary/aromatic N) is 2. The highest BCUT2D eigenvalue weighted by Gasteiger charge is 2.11. The molecule has 0 aliphatic heterocycles. The predicted octanol–water partition coefficient (Wildman–Crippen LogP) is 3.32. The lowest BCUT2D eigenvalue weighted by Crippen LogP contribution is -2.12. The number of aromatic nitrogens is 2. The van der Waals surface area contributed by atoms with Crippen LogP contribution >= 0.6 is 0 Å². The number of nitrogens with one attached hydrogen (secondary N) is 1. The predicted molar refractivity (Wildman–Crippen MR) is 89.7 cm³/mol. The Bertz CT molecular complexity index is 815. The van der Waals surface area contributed by atoms with Crippen LogP contribution in [0.2, 0.25) is 0 Å². The molecule has 0 aliphatic carbocycles. The summed E-state index contributed by atoms with van der Waals surface area (Å²) in [6.07, 6.45) is 0.657. The van der Waals surface area contributed by atoms with Crippen molar-refractivity contribution < 1.29 is 13.9 Å². The van der Waals surface area contributed by atoms with Crippen LogP contribution in [0.3, 0.4) is 0 Å². The van der Waals surface area contributed by atoms with Crippen molar-refractivity contribution in [3.63, 3.8) is 0 Å². The Labute approximate surface area is 139 Å². The van der Waals surface area contributed by atoms with Crippen LogP contribution in [0.15, 0.2) is 59.0 Å². The quantitative estimate of drug-likeness (QED) is 0.753. The average molecular weight is 323 g/mol. The first-order valence-corrected chi connectivity index (χ1v) is 7.56. The van der Waals surface area contributed by atoms with E-state index in [9.17, 15) is 4.79 Å². The minimum Gasteiger partial charge on any atom is -0.497 e. The van der Waals surface area contributed by atoms with Gasteiger partial charge in [-0.1, -0.05) is 24.3 Å². The topological polar surface area (TPSA) is 77.2 Å². The van der Waals surface area contributed by atoms with Crippen molar-refractivity contribution in [2.75, 3.05) is 12.4 Å². The molecular formula is C18H17N3O3. The molecule has 0 bridgehead atoms. The number of benzene rings is 2. The zero-order valence-corrected chi connectivity index (χ0v) is 13.2. The number of ether oxygens (including phenoxy) is 1. The van der Waals surface area contributed by atoms with Crippen molar-refractivity contribution in [3.05, 3.63) is 60.5 Å². The monoisotopic (exact) mass is 323 g/mol. The summed E-state index contributed by atoms with van der Waals surface area (Å²) in [6, 6.07) is 16.7. The van der Waals surface area contributed by atoms with Crippen molar-refractivity contribution >= 4 is 11.6 Å². The summed E-state index contributed by atoms with van der Waals surface area (Å²) in [4.78, 5) is 11.9. The van der Waals surface area contributed by atoms with E-state index < -0.39 is 0 Å². The van der Waals surface area contributed by atoms with Gasteiger partial charge in [0.05, 0.1) is 7.11 Å². The van der Waals surface area contributed by atoms with Gasteiger partial charge in [0, 0.05) is 24.1 Å². The van der Waals surface area contributed by atoms with Crippen molar-refractivity contribution in [1.29, 1.82) is 0 Å². The van der Waals surface area contributed by atoms with Gasteiger partial charge in [-0.05, 0) is 30.3 Å². The molecule has 24 heavy (non-hydrogen) atoms. The van der Waals surface area contributed by atoms with Crippen molar-refractivity contribution in [1.82, 2.24) is 10.2 Å². The maximum absolute atomic E-state index is 11.9. The Morgan fingerprint density at radius 1 is 1.12 bits per heavy atom. The van der Waals surface area contributed by atoms with E-state index in [0.29, 0.717) is 18.2 Å². The molecule has 2 aromatic carbocycles. The number of amides is 1. The second kappa shape index (κ2) is 7.41. The summed E-state index contributed by atoms with van der Waals surface area (Å²) in [7, 11) is 1.60. The van der Waals surface area contributed by atoms with Gasteiger partial charge in [0.1, 0.15) is 5.75 Å². The molecule has 0 aliphatic rings. The van der Waals surface area contributed by atoms with E-state index in [4.69, 9.17) is 9.15 Å². The average Bonchev–Trinajstić information content (AvgIpc) is 3.10. The third kappa shape index (κ3) is 3.98. The molecule has 0 saturated heterocycles. The smallest absolute Gasteiger partial charge is 0.247 e. The van der Waals surface area contributed by atoms with E-state index in [1.165, 1.54) is 0 Å². The maximum Gasteiger partial charge on any atom is 0.247 e. The molecule has 122 valence electrons. The second-order valence-electron chi connectivity index (χ2n) is 5.15. The number of hydrogen-bond acceptors (Lipinski definition) is 5. The van der Waals surface area contributed by atoms with Crippen LogP contribution in [-0.4, -0.2) is 23.2 Å². The van der Waals surface area contributed by atoms with E-state index >= 15 is 0 Å². The molecule has 0 atom stereocenters. The van der Waals surface area contributed by atoms with Crippen LogP contribution in [0, 0.1) is 0 Å². The van der Waals surface area contributed by atoms with Gasteiger partial charge in [0.2, 0.25) is 17.7 Å². The third-order valence-electron chi connectivity index (χ3n) is 3.41. The second-order valence-corrected chi connectivity index (χ2v) is 5.15. The lowest BCUT2D eigenvalue weighted by Gasteiger charge is -2.03. The van der Waals surface area contributed by atoms with Gasteiger partial charge >= 0.3 is 0 Å². The van der Waals surface area contributed by atoms with Gasteiger partial charge in [0.15, 0.2) is 0 Å². The lowest BCUT2D eigenvalue weighted by molar-refractivity contribution is -0.116. The van der Waals surface area contributed by atoms with E-state index in [1.807, 2.05) is 54.6 Å². The van der Waals surface area contributed by atoms with Crippen LogP contribution in [0.25, 0.3) is 11.5 Å². The summed E-state index contributed by atoms with van der Waals surface area (Å²) < 4.78 is 10.8. The normalized spacial score (nSPS) is 10.4. The summed E-state index contributed by atoms with van der Waals surface area (Å²) >= 11 is 0. The van der Waals surface area contributed by atoms with Gasteiger partial charge < -0.3 is 14.5 Å². The number of hydrogen-bond donors (Lipinski definition) is 1. The molecule has 1 amide bonds. The fourth-order valence-electron chi connectivity index (χ4n) is 2.19. The Balaban J connectivity index is 1.59. The molecule has 0 saturated carbocycles. The molecule has 0 fully saturated rings. The summed E-state index contributed by atoms with van der Waals surface area (Å²) in [5.41, 5.74) is 1.55. The van der Waals surface area contributed by atoms with E-state index in [0.717, 1.165) is 17.0 Å². The molecule has 1 heterocycles. The number of rotatable bonds is 6. The summed E-state index contributed by atoms with van der Waals surface area (Å²) in [6.45, 7) is 0. The first-order chi connectivity index (χ1) is 11.7. The van der Waals surface area contributed by atoms with Crippen LogP contribution in [0.1, 0.15) is 12.3 Å². The number of aryl methyl sites for hydroxylation is 1. The fraction of sp³-hybridized carbons (Fsp3) is 0.167. The minimum atomic E-state index is -0.0951. The minimum absolute atomic E-state index is 0.0951. The highest BCUT2D eigenvalue weighted by molar-refractivity contribution is 5.90. The first kappa shape index (κ1) is 15.7. The Morgan fingerprint density at radius 2 is 1.96 bits per heavy atom.